The van der Waals surface area contributed by atoms with Crippen LogP contribution >= 0.6 is 0 Å². The van der Waals surface area contributed by atoms with Gasteiger partial charge in [0.25, 0.3) is 0 Å². The zero-order valence-electron chi connectivity index (χ0n) is 11.2. The van der Waals surface area contributed by atoms with E-state index < -0.39 is 11.5 Å². The first-order valence-corrected chi connectivity index (χ1v) is 6.66. The molecule has 1 aliphatic heterocycles. The van der Waals surface area contributed by atoms with Gasteiger partial charge >= 0.3 is 5.97 Å². The first-order chi connectivity index (χ1) is 9.61. The van der Waals surface area contributed by atoms with Crippen molar-refractivity contribution in [2.75, 3.05) is 6.61 Å². The monoisotopic (exact) mass is 268 g/mol. The minimum atomic E-state index is -1.22. The third-order valence-electron chi connectivity index (χ3n) is 4.00. The summed E-state index contributed by atoms with van der Waals surface area (Å²) in [4.78, 5) is 11.5. The Hall–Kier alpha value is -2.13. The second-order valence-corrected chi connectivity index (χ2v) is 5.20. The molecule has 0 amide bonds. The first kappa shape index (κ1) is 12.9. The Morgan fingerprint density at radius 2 is 1.65 bits per heavy atom. The Bertz CT molecular complexity index is 618. The summed E-state index contributed by atoms with van der Waals surface area (Å²) in [6, 6.07) is 17.7. The molecular weight excluding hydrogens is 252 g/mol. The van der Waals surface area contributed by atoms with Crippen LogP contribution in [0.2, 0.25) is 0 Å². The van der Waals surface area contributed by atoms with Crippen LogP contribution in [0.15, 0.2) is 54.6 Å². The molecule has 0 bridgehead atoms. The van der Waals surface area contributed by atoms with E-state index in [4.69, 9.17) is 4.74 Å². The second kappa shape index (κ2) is 4.76. The molecule has 0 spiro atoms. The van der Waals surface area contributed by atoms with Crippen molar-refractivity contribution in [2.24, 2.45) is 5.92 Å². The molecule has 0 saturated carbocycles. The average molecular weight is 268 g/mol. The van der Waals surface area contributed by atoms with Gasteiger partial charge < -0.3 is 9.84 Å². The molecule has 0 aromatic heterocycles. The van der Waals surface area contributed by atoms with Crippen LogP contribution in [0.3, 0.4) is 0 Å². The molecule has 2 atom stereocenters. The zero-order chi connectivity index (χ0) is 14.2. The van der Waals surface area contributed by atoms with Crippen molar-refractivity contribution in [3.05, 3.63) is 60.2 Å². The zero-order valence-corrected chi connectivity index (χ0v) is 11.2. The molecular formula is C17H16O3. The van der Waals surface area contributed by atoms with E-state index in [9.17, 15) is 9.90 Å². The molecule has 2 unspecified atom stereocenters. The molecule has 0 aliphatic carbocycles. The van der Waals surface area contributed by atoms with Crippen molar-refractivity contribution in [1.29, 1.82) is 0 Å². The largest absolute Gasteiger partial charge is 0.462 e. The van der Waals surface area contributed by atoms with Crippen LogP contribution in [0, 0.1) is 5.92 Å². The topological polar surface area (TPSA) is 46.5 Å². The van der Waals surface area contributed by atoms with Gasteiger partial charge in [0.1, 0.15) is 12.2 Å². The number of rotatable bonds is 2. The van der Waals surface area contributed by atoms with Gasteiger partial charge in [0.15, 0.2) is 0 Å². The number of benzene rings is 2. The predicted molar refractivity (Wildman–Crippen MR) is 75.9 cm³/mol. The smallest absolute Gasteiger partial charge is 0.312 e. The fourth-order valence-electron chi connectivity index (χ4n) is 2.54. The summed E-state index contributed by atoms with van der Waals surface area (Å²) >= 11 is 0. The maximum atomic E-state index is 11.5. The Morgan fingerprint density at radius 3 is 2.20 bits per heavy atom. The predicted octanol–water partition coefficient (Wildman–Crippen LogP) is 2.73. The standard InChI is InChI=1S/C17H16O3/c1-12-16(18)20-11-17(12,19)15-9-7-14(8-10-15)13-5-3-2-4-6-13/h2-10,12,19H,11H2,1H3. The van der Waals surface area contributed by atoms with Gasteiger partial charge in [0.05, 0.1) is 5.92 Å². The third kappa shape index (κ3) is 2.00. The average Bonchev–Trinajstić information content (AvgIpc) is 2.77. The molecule has 2 aromatic rings. The van der Waals surface area contributed by atoms with Crippen molar-refractivity contribution in [3.63, 3.8) is 0 Å². The molecule has 1 fully saturated rings. The number of ether oxygens (including phenoxy) is 1. The number of carbonyl (C=O) groups is 1. The maximum Gasteiger partial charge on any atom is 0.312 e. The van der Waals surface area contributed by atoms with Gasteiger partial charge in [0.2, 0.25) is 0 Å². The number of aliphatic hydroxyl groups is 1. The summed E-state index contributed by atoms with van der Waals surface area (Å²) in [5.74, 6) is -0.885. The van der Waals surface area contributed by atoms with Gasteiger partial charge in [-0.25, -0.2) is 0 Å². The van der Waals surface area contributed by atoms with Crippen molar-refractivity contribution in [2.45, 2.75) is 12.5 Å². The van der Waals surface area contributed by atoms with E-state index in [1.807, 2.05) is 54.6 Å². The molecule has 2 aromatic carbocycles. The first-order valence-electron chi connectivity index (χ1n) is 6.66. The lowest BCUT2D eigenvalue weighted by molar-refractivity contribution is -0.140. The summed E-state index contributed by atoms with van der Waals surface area (Å²) in [5.41, 5.74) is 1.70. The highest BCUT2D eigenvalue weighted by molar-refractivity contribution is 5.76. The van der Waals surface area contributed by atoms with E-state index in [1.54, 1.807) is 6.92 Å². The minimum Gasteiger partial charge on any atom is -0.462 e. The lowest BCUT2D eigenvalue weighted by atomic mass is 9.84. The Kier molecular flexibility index (Phi) is 3.07. The van der Waals surface area contributed by atoms with E-state index in [0.717, 1.165) is 16.7 Å². The van der Waals surface area contributed by atoms with E-state index in [-0.39, 0.29) is 12.6 Å². The van der Waals surface area contributed by atoms with E-state index in [2.05, 4.69) is 0 Å². The van der Waals surface area contributed by atoms with Crippen LogP contribution in [0.4, 0.5) is 0 Å². The highest BCUT2D eigenvalue weighted by Gasteiger charge is 2.47. The number of hydrogen-bond donors (Lipinski definition) is 1. The Balaban J connectivity index is 1.93. The Labute approximate surface area is 117 Å². The van der Waals surface area contributed by atoms with Gasteiger partial charge in [-0.15, -0.1) is 0 Å². The number of cyclic esters (lactones) is 1. The van der Waals surface area contributed by atoms with Crippen LogP contribution in [-0.2, 0) is 15.1 Å². The summed E-state index contributed by atoms with van der Waals surface area (Å²) in [5, 5.41) is 10.6. The Morgan fingerprint density at radius 1 is 1.05 bits per heavy atom. The van der Waals surface area contributed by atoms with Gasteiger partial charge in [-0.05, 0) is 23.6 Å². The molecule has 3 nitrogen and oxygen atoms in total. The fourth-order valence-corrected chi connectivity index (χ4v) is 2.54. The SMILES string of the molecule is CC1C(=O)OCC1(O)c1ccc(-c2ccccc2)cc1. The van der Waals surface area contributed by atoms with Gasteiger partial charge in [-0.2, -0.15) is 0 Å². The van der Waals surface area contributed by atoms with Crippen molar-refractivity contribution in [1.82, 2.24) is 0 Å². The summed E-state index contributed by atoms with van der Waals surface area (Å²) in [7, 11) is 0. The van der Waals surface area contributed by atoms with Crippen LogP contribution in [-0.4, -0.2) is 17.7 Å². The lowest BCUT2D eigenvalue weighted by Crippen LogP contribution is -2.33. The lowest BCUT2D eigenvalue weighted by Gasteiger charge is -2.24. The number of carbonyl (C=O) groups excluding carboxylic acids is 1. The molecule has 1 N–H and O–H groups in total. The van der Waals surface area contributed by atoms with E-state index in [1.165, 1.54) is 0 Å². The van der Waals surface area contributed by atoms with Gasteiger partial charge in [-0.3, -0.25) is 4.79 Å². The highest BCUT2D eigenvalue weighted by Crippen LogP contribution is 2.36. The van der Waals surface area contributed by atoms with Crippen LogP contribution < -0.4 is 0 Å². The van der Waals surface area contributed by atoms with Crippen LogP contribution in [0.25, 0.3) is 11.1 Å². The molecule has 1 aliphatic rings. The van der Waals surface area contributed by atoms with Crippen molar-refractivity contribution < 1.29 is 14.6 Å². The number of esters is 1. The minimum absolute atomic E-state index is 0.0255. The molecule has 3 heteroatoms. The third-order valence-corrected chi connectivity index (χ3v) is 4.00. The molecule has 0 radical (unpaired) electrons. The maximum absolute atomic E-state index is 11.5. The molecule has 1 heterocycles. The van der Waals surface area contributed by atoms with Crippen molar-refractivity contribution in [3.8, 4) is 11.1 Å². The van der Waals surface area contributed by atoms with Gasteiger partial charge in [-0.1, -0.05) is 54.6 Å². The fraction of sp³-hybridized carbons (Fsp3) is 0.235. The van der Waals surface area contributed by atoms with Crippen molar-refractivity contribution >= 4 is 5.97 Å². The molecule has 1 saturated heterocycles. The van der Waals surface area contributed by atoms with Crippen LogP contribution in [0.5, 0.6) is 0 Å². The van der Waals surface area contributed by atoms with E-state index in [0.29, 0.717) is 0 Å². The summed E-state index contributed by atoms with van der Waals surface area (Å²) in [6.45, 7) is 1.72. The second-order valence-electron chi connectivity index (χ2n) is 5.20. The molecule has 3 rings (SSSR count). The normalized spacial score (nSPS) is 25.5. The molecule has 20 heavy (non-hydrogen) atoms. The summed E-state index contributed by atoms with van der Waals surface area (Å²) in [6.07, 6.45) is 0. The molecule has 102 valence electrons. The van der Waals surface area contributed by atoms with E-state index >= 15 is 0 Å². The quantitative estimate of drug-likeness (QED) is 0.852. The van der Waals surface area contributed by atoms with Gasteiger partial charge in [0, 0.05) is 0 Å². The highest BCUT2D eigenvalue weighted by atomic mass is 16.6. The number of hydrogen-bond acceptors (Lipinski definition) is 3. The van der Waals surface area contributed by atoms with Crippen LogP contribution in [0.1, 0.15) is 12.5 Å². The summed E-state index contributed by atoms with van der Waals surface area (Å²) < 4.78 is 4.96.